The van der Waals surface area contributed by atoms with Crippen LogP contribution in [0, 0.1) is 0 Å². The van der Waals surface area contributed by atoms with Crippen LogP contribution in [0.2, 0.25) is 0 Å². The fourth-order valence-electron chi connectivity index (χ4n) is 3.05. The Hall–Kier alpha value is -1.60. The van der Waals surface area contributed by atoms with Crippen molar-refractivity contribution in [1.29, 1.82) is 0 Å². The van der Waals surface area contributed by atoms with Crippen molar-refractivity contribution < 1.29 is 17.9 Å². The molecule has 1 aromatic rings. The molecule has 0 radical (unpaired) electrons. The topological polar surface area (TPSA) is 75.7 Å². The molecule has 0 aromatic heterocycles. The monoisotopic (exact) mass is 354 g/mol. The van der Waals surface area contributed by atoms with Gasteiger partial charge >= 0.3 is 0 Å². The predicted molar refractivity (Wildman–Crippen MR) is 93.6 cm³/mol. The Balaban J connectivity index is 2.21. The van der Waals surface area contributed by atoms with Gasteiger partial charge in [-0.15, -0.1) is 0 Å². The fourth-order valence-corrected chi connectivity index (χ4v) is 4.73. The van der Waals surface area contributed by atoms with Crippen LogP contribution >= 0.6 is 0 Å². The van der Waals surface area contributed by atoms with Crippen molar-refractivity contribution in [2.24, 2.45) is 0 Å². The number of methoxy groups -OCH3 is 1. The van der Waals surface area contributed by atoms with Crippen LogP contribution in [0.5, 0.6) is 5.75 Å². The van der Waals surface area contributed by atoms with E-state index >= 15 is 0 Å². The normalized spacial score (nSPS) is 21.6. The number of carbonyl (C=O) groups excluding carboxylic acids is 1. The highest BCUT2D eigenvalue weighted by Gasteiger charge is 2.39. The number of sulfonamides is 1. The van der Waals surface area contributed by atoms with Crippen LogP contribution < -0.4 is 10.1 Å². The first kappa shape index (κ1) is 18.7. The number of carbonyl (C=O) groups is 1. The molecule has 24 heavy (non-hydrogen) atoms. The minimum Gasteiger partial charge on any atom is -0.497 e. The molecule has 6 nitrogen and oxygen atoms in total. The van der Waals surface area contributed by atoms with Gasteiger partial charge in [0.2, 0.25) is 15.9 Å². The highest BCUT2D eigenvalue weighted by Crippen LogP contribution is 2.31. The molecule has 1 fully saturated rings. The average molecular weight is 354 g/mol. The molecule has 1 saturated heterocycles. The van der Waals surface area contributed by atoms with Gasteiger partial charge in [-0.05, 0) is 24.1 Å². The predicted octanol–water partition coefficient (Wildman–Crippen LogP) is 1.73. The summed E-state index contributed by atoms with van der Waals surface area (Å²) in [5, 5.41) is 2.90. The number of nitrogens with one attached hydrogen (secondary N) is 1. The second kappa shape index (κ2) is 7.98. The van der Waals surface area contributed by atoms with Crippen molar-refractivity contribution in [2.75, 3.05) is 26.0 Å². The molecule has 0 unspecified atom stereocenters. The van der Waals surface area contributed by atoms with Crippen molar-refractivity contribution in [3.8, 4) is 5.75 Å². The van der Waals surface area contributed by atoms with E-state index in [1.807, 2.05) is 31.2 Å². The Morgan fingerprint density at radius 3 is 2.50 bits per heavy atom. The van der Waals surface area contributed by atoms with E-state index in [1.165, 1.54) is 11.2 Å². The third-order valence-electron chi connectivity index (χ3n) is 4.37. The summed E-state index contributed by atoms with van der Waals surface area (Å²) in [6.45, 7) is 4.14. The number of ether oxygens (including phenoxy) is 1. The maximum atomic E-state index is 12.5. The van der Waals surface area contributed by atoms with E-state index in [9.17, 15) is 13.2 Å². The quantitative estimate of drug-likeness (QED) is 0.809. The maximum absolute atomic E-state index is 12.5. The van der Waals surface area contributed by atoms with E-state index in [2.05, 4.69) is 5.32 Å². The van der Waals surface area contributed by atoms with Crippen LogP contribution in [0.3, 0.4) is 0 Å². The number of hydrogen-bond donors (Lipinski definition) is 1. The third-order valence-corrected chi connectivity index (χ3v) is 6.26. The summed E-state index contributed by atoms with van der Waals surface area (Å²) in [6.07, 6.45) is 1.49. The number of amides is 1. The molecular formula is C17H26N2O4S. The number of unbranched alkanes of at least 4 members (excludes halogenated alkanes) is 1. The number of rotatable bonds is 7. The van der Waals surface area contributed by atoms with Gasteiger partial charge in [-0.1, -0.05) is 25.5 Å². The highest BCUT2D eigenvalue weighted by molar-refractivity contribution is 7.89. The smallest absolute Gasteiger partial charge is 0.217 e. The molecule has 1 N–H and O–H groups in total. The van der Waals surface area contributed by atoms with Crippen molar-refractivity contribution in [3.05, 3.63) is 29.8 Å². The van der Waals surface area contributed by atoms with E-state index in [0.29, 0.717) is 19.5 Å². The summed E-state index contributed by atoms with van der Waals surface area (Å²) < 4.78 is 31.7. The fraction of sp³-hybridized carbons (Fsp3) is 0.588. The van der Waals surface area contributed by atoms with Gasteiger partial charge in [0.1, 0.15) is 5.75 Å². The Bertz CT molecular complexity index is 658. The Morgan fingerprint density at radius 2 is 1.96 bits per heavy atom. The first-order valence-electron chi connectivity index (χ1n) is 8.26. The van der Waals surface area contributed by atoms with Gasteiger partial charge in [0.15, 0.2) is 0 Å². The molecule has 0 saturated carbocycles. The van der Waals surface area contributed by atoms with E-state index in [0.717, 1.165) is 17.7 Å². The maximum Gasteiger partial charge on any atom is 0.217 e. The highest BCUT2D eigenvalue weighted by atomic mass is 32.2. The van der Waals surface area contributed by atoms with Gasteiger partial charge < -0.3 is 10.1 Å². The van der Waals surface area contributed by atoms with Crippen LogP contribution in [0.4, 0.5) is 0 Å². The second-order valence-corrected chi connectivity index (χ2v) is 8.26. The standard InChI is InChI=1S/C17H26N2O4S/c1-4-5-10-24(21,22)19-11-16(17(12-19)18-13(2)20)14-6-8-15(23-3)9-7-14/h6-9,16-17H,4-5,10-12H2,1-3H3,(H,18,20)/t16-,17+/m0/s1. The lowest BCUT2D eigenvalue weighted by Gasteiger charge is -2.19. The molecule has 0 aliphatic carbocycles. The van der Waals surface area contributed by atoms with Gasteiger partial charge in [-0.2, -0.15) is 4.31 Å². The minimum absolute atomic E-state index is 0.0591. The van der Waals surface area contributed by atoms with Crippen LogP contribution in [0.25, 0.3) is 0 Å². The molecule has 1 amide bonds. The number of benzene rings is 1. The zero-order chi connectivity index (χ0) is 17.7. The molecule has 1 heterocycles. The van der Waals surface area contributed by atoms with Crippen LogP contribution in [0.1, 0.15) is 38.2 Å². The van der Waals surface area contributed by atoms with Crippen molar-refractivity contribution in [2.45, 2.75) is 38.6 Å². The summed E-state index contributed by atoms with van der Waals surface area (Å²) in [5.74, 6) is 0.703. The molecule has 7 heteroatoms. The lowest BCUT2D eigenvalue weighted by molar-refractivity contribution is -0.119. The molecule has 1 aliphatic heterocycles. The van der Waals surface area contributed by atoms with Crippen molar-refractivity contribution in [1.82, 2.24) is 9.62 Å². The Morgan fingerprint density at radius 1 is 1.29 bits per heavy atom. The molecular weight excluding hydrogens is 328 g/mol. The molecule has 1 aromatic carbocycles. The molecule has 1 aliphatic rings. The first-order chi connectivity index (χ1) is 11.4. The minimum atomic E-state index is -3.29. The third kappa shape index (κ3) is 4.48. The van der Waals surface area contributed by atoms with Gasteiger partial charge in [-0.3, -0.25) is 4.79 Å². The van der Waals surface area contributed by atoms with Crippen LogP contribution in [-0.4, -0.2) is 50.6 Å². The lowest BCUT2D eigenvalue weighted by atomic mass is 9.94. The Labute approximate surface area is 144 Å². The number of hydrogen-bond acceptors (Lipinski definition) is 4. The summed E-state index contributed by atoms with van der Waals surface area (Å²) in [5.41, 5.74) is 1.00. The molecule has 2 rings (SSSR count). The second-order valence-electron chi connectivity index (χ2n) is 6.17. The van der Waals surface area contributed by atoms with E-state index < -0.39 is 10.0 Å². The van der Waals surface area contributed by atoms with Crippen molar-refractivity contribution >= 4 is 15.9 Å². The lowest BCUT2D eigenvalue weighted by Crippen LogP contribution is -2.39. The van der Waals surface area contributed by atoms with Gasteiger partial charge in [0.25, 0.3) is 0 Å². The number of nitrogens with zero attached hydrogens (tertiary/aromatic N) is 1. The summed E-state index contributed by atoms with van der Waals surface area (Å²) in [4.78, 5) is 11.5. The first-order valence-corrected chi connectivity index (χ1v) is 9.87. The molecule has 0 bridgehead atoms. The summed E-state index contributed by atoms with van der Waals surface area (Å²) >= 11 is 0. The van der Waals surface area contributed by atoms with E-state index in [1.54, 1.807) is 7.11 Å². The van der Waals surface area contributed by atoms with Gasteiger partial charge in [0, 0.05) is 25.9 Å². The zero-order valence-electron chi connectivity index (χ0n) is 14.5. The Kier molecular flexibility index (Phi) is 6.23. The summed E-state index contributed by atoms with van der Waals surface area (Å²) in [6, 6.07) is 7.36. The van der Waals surface area contributed by atoms with Gasteiger partial charge in [-0.25, -0.2) is 8.42 Å². The van der Waals surface area contributed by atoms with Gasteiger partial charge in [0.05, 0.1) is 18.9 Å². The molecule has 2 atom stereocenters. The van der Waals surface area contributed by atoms with E-state index in [-0.39, 0.29) is 23.6 Å². The van der Waals surface area contributed by atoms with Crippen molar-refractivity contribution in [3.63, 3.8) is 0 Å². The average Bonchev–Trinajstić information content (AvgIpc) is 2.97. The van der Waals surface area contributed by atoms with Crippen LogP contribution in [-0.2, 0) is 14.8 Å². The SMILES string of the molecule is CCCCS(=O)(=O)N1C[C@@H](NC(C)=O)[C@H](c2ccc(OC)cc2)C1. The zero-order valence-corrected chi connectivity index (χ0v) is 15.3. The molecule has 134 valence electrons. The summed E-state index contributed by atoms with van der Waals surface area (Å²) in [7, 11) is -1.68. The largest absolute Gasteiger partial charge is 0.497 e. The van der Waals surface area contributed by atoms with E-state index in [4.69, 9.17) is 4.74 Å². The molecule has 0 spiro atoms. The van der Waals surface area contributed by atoms with Crippen LogP contribution in [0.15, 0.2) is 24.3 Å².